The topological polar surface area (TPSA) is 38.1 Å². The summed E-state index contributed by atoms with van der Waals surface area (Å²) in [5.41, 5.74) is 4.34. The lowest BCUT2D eigenvalue weighted by Crippen LogP contribution is -2.33. The molecule has 0 fully saturated rings. The maximum absolute atomic E-state index is 13.9. The van der Waals surface area contributed by atoms with E-state index >= 15 is 0 Å². The summed E-state index contributed by atoms with van der Waals surface area (Å²) < 4.78 is 15.9. The molecule has 3 aromatic rings. The largest absolute Gasteiger partial charge is 0.331 e. The highest BCUT2D eigenvalue weighted by Gasteiger charge is 2.22. The van der Waals surface area contributed by atoms with Crippen molar-refractivity contribution in [1.29, 1.82) is 0 Å². The third-order valence-electron chi connectivity index (χ3n) is 5.46. The first kappa shape index (κ1) is 22.0. The molecule has 4 nitrogen and oxygen atoms in total. The number of imidazole rings is 1. The van der Waals surface area contributed by atoms with E-state index in [0.29, 0.717) is 19.0 Å². The van der Waals surface area contributed by atoms with E-state index < -0.39 is 0 Å². The van der Waals surface area contributed by atoms with Gasteiger partial charge in [0.05, 0.1) is 17.6 Å². The van der Waals surface area contributed by atoms with Gasteiger partial charge in [-0.2, -0.15) is 0 Å². The first-order chi connectivity index (χ1) is 14.3. The Morgan fingerprint density at radius 3 is 2.63 bits per heavy atom. The van der Waals surface area contributed by atoms with E-state index in [1.807, 2.05) is 36.9 Å². The van der Waals surface area contributed by atoms with E-state index in [-0.39, 0.29) is 11.7 Å². The van der Waals surface area contributed by atoms with Crippen LogP contribution >= 0.6 is 0 Å². The molecule has 0 saturated carbocycles. The SMILES string of the molecule is CCCn1c(CN(CCC(C)C)C(=O)c2cc(C)ccc2C)nc2ccc(F)cc21. The summed E-state index contributed by atoms with van der Waals surface area (Å²) in [5, 5.41) is 0. The van der Waals surface area contributed by atoms with E-state index in [4.69, 9.17) is 4.98 Å². The van der Waals surface area contributed by atoms with Crippen molar-refractivity contribution in [3.8, 4) is 0 Å². The maximum atomic E-state index is 13.9. The third-order valence-corrected chi connectivity index (χ3v) is 5.46. The van der Waals surface area contributed by atoms with Crippen molar-refractivity contribution in [2.24, 2.45) is 5.92 Å². The van der Waals surface area contributed by atoms with Gasteiger partial charge >= 0.3 is 0 Å². The van der Waals surface area contributed by atoms with Crippen LogP contribution in [0.4, 0.5) is 4.39 Å². The number of rotatable bonds is 8. The molecule has 1 amide bonds. The average molecular weight is 410 g/mol. The van der Waals surface area contributed by atoms with Gasteiger partial charge in [0.15, 0.2) is 0 Å². The highest BCUT2D eigenvalue weighted by molar-refractivity contribution is 5.95. The van der Waals surface area contributed by atoms with Gasteiger partial charge in [-0.15, -0.1) is 0 Å². The summed E-state index contributed by atoms with van der Waals surface area (Å²) in [6.45, 7) is 12.2. The number of amides is 1. The van der Waals surface area contributed by atoms with Crippen molar-refractivity contribution >= 4 is 16.9 Å². The zero-order valence-electron chi connectivity index (χ0n) is 18.7. The summed E-state index contributed by atoms with van der Waals surface area (Å²) >= 11 is 0. The van der Waals surface area contributed by atoms with Crippen LogP contribution in [-0.4, -0.2) is 26.9 Å². The molecule has 1 aromatic heterocycles. The molecule has 0 aliphatic rings. The minimum absolute atomic E-state index is 0.0261. The predicted octanol–water partition coefficient (Wildman–Crippen LogP) is 5.89. The number of carbonyl (C=O) groups excluding carboxylic acids is 1. The molecule has 0 saturated heterocycles. The lowest BCUT2D eigenvalue weighted by atomic mass is 10.0. The van der Waals surface area contributed by atoms with Gasteiger partial charge in [0, 0.05) is 18.7 Å². The Morgan fingerprint density at radius 1 is 1.17 bits per heavy atom. The van der Waals surface area contributed by atoms with E-state index in [9.17, 15) is 9.18 Å². The average Bonchev–Trinajstić information content (AvgIpc) is 3.03. The van der Waals surface area contributed by atoms with Crippen LogP contribution in [0.2, 0.25) is 0 Å². The van der Waals surface area contributed by atoms with Crippen molar-refractivity contribution in [3.63, 3.8) is 0 Å². The molecule has 160 valence electrons. The summed E-state index contributed by atoms with van der Waals surface area (Å²) in [6, 6.07) is 10.7. The zero-order valence-corrected chi connectivity index (χ0v) is 18.7. The summed E-state index contributed by atoms with van der Waals surface area (Å²) in [7, 11) is 0. The van der Waals surface area contributed by atoms with Gasteiger partial charge in [-0.05, 0) is 62.4 Å². The van der Waals surface area contributed by atoms with Crippen molar-refractivity contribution in [1.82, 2.24) is 14.5 Å². The number of nitrogens with zero attached hydrogens (tertiary/aromatic N) is 3. The van der Waals surface area contributed by atoms with Crippen LogP contribution in [0.25, 0.3) is 11.0 Å². The molecule has 0 atom stereocenters. The second-order valence-electron chi connectivity index (χ2n) is 8.54. The number of fused-ring (bicyclic) bond motifs is 1. The van der Waals surface area contributed by atoms with Crippen LogP contribution in [0.3, 0.4) is 0 Å². The molecule has 30 heavy (non-hydrogen) atoms. The molecule has 0 spiro atoms. The molecule has 0 aliphatic heterocycles. The standard InChI is InChI=1S/C25H32FN3O/c1-6-12-29-23-15-20(26)9-10-22(23)27-24(29)16-28(13-11-17(2)3)25(30)21-14-18(4)7-8-19(21)5/h7-10,14-15,17H,6,11-13,16H2,1-5H3. The van der Waals surface area contributed by atoms with Gasteiger partial charge in [-0.25, -0.2) is 9.37 Å². The fourth-order valence-electron chi connectivity index (χ4n) is 3.71. The van der Waals surface area contributed by atoms with Gasteiger partial charge in [-0.3, -0.25) is 4.79 Å². The van der Waals surface area contributed by atoms with Crippen LogP contribution in [0.15, 0.2) is 36.4 Å². The van der Waals surface area contributed by atoms with Gasteiger partial charge in [0.25, 0.3) is 5.91 Å². The molecular weight excluding hydrogens is 377 g/mol. The molecule has 0 unspecified atom stereocenters. The van der Waals surface area contributed by atoms with Crippen LogP contribution in [0.5, 0.6) is 0 Å². The maximum Gasteiger partial charge on any atom is 0.254 e. The first-order valence-corrected chi connectivity index (χ1v) is 10.8. The van der Waals surface area contributed by atoms with Gasteiger partial charge in [-0.1, -0.05) is 38.5 Å². The number of hydrogen-bond acceptors (Lipinski definition) is 2. The summed E-state index contributed by atoms with van der Waals surface area (Å²) in [6.07, 6.45) is 1.82. The molecule has 1 heterocycles. The fourth-order valence-corrected chi connectivity index (χ4v) is 3.71. The van der Waals surface area contributed by atoms with Gasteiger partial charge in [0.1, 0.15) is 11.6 Å². The zero-order chi connectivity index (χ0) is 21.8. The lowest BCUT2D eigenvalue weighted by Gasteiger charge is -2.25. The molecule has 2 aromatic carbocycles. The van der Waals surface area contributed by atoms with Crippen molar-refractivity contribution in [2.75, 3.05) is 6.54 Å². The lowest BCUT2D eigenvalue weighted by molar-refractivity contribution is 0.0728. The van der Waals surface area contributed by atoms with Crippen molar-refractivity contribution in [3.05, 3.63) is 64.7 Å². The number of aryl methyl sites for hydroxylation is 3. The molecule has 3 rings (SSSR count). The highest BCUT2D eigenvalue weighted by atomic mass is 19.1. The Bertz CT molecular complexity index is 1040. The molecule has 0 bridgehead atoms. The number of benzene rings is 2. The predicted molar refractivity (Wildman–Crippen MR) is 120 cm³/mol. The Hall–Kier alpha value is -2.69. The third kappa shape index (κ3) is 4.89. The summed E-state index contributed by atoms with van der Waals surface area (Å²) in [4.78, 5) is 20.2. The quantitative estimate of drug-likeness (QED) is 0.465. The van der Waals surface area contributed by atoms with E-state index in [2.05, 4.69) is 25.3 Å². The molecule has 5 heteroatoms. The Labute approximate surface area is 178 Å². The summed E-state index contributed by atoms with van der Waals surface area (Å²) in [5.74, 6) is 1.05. The van der Waals surface area contributed by atoms with Gasteiger partial charge < -0.3 is 9.47 Å². The molecular formula is C25H32FN3O. The van der Waals surface area contributed by atoms with E-state index in [1.54, 1.807) is 6.07 Å². The van der Waals surface area contributed by atoms with Crippen LogP contribution in [-0.2, 0) is 13.1 Å². The minimum Gasteiger partial charge on any atom is -0.331 e. The number of carbonyl (C=O) groups is 1. The van der Waals surface area contributed by atoms with Crippen LogP contribution in [0.1, 0.15) is 60.9 Å². The molecule has 0 aliphatic carbocycles. The highest BCUT2D eigenvalue weighted by Crippen LogP contribution is 2.22. The van der Waals surface area contributed by atoms with Crippen LogP contribution in [0, 0.1) is 25.6 Å². The molecule has 0 radical (unpaired) electrons. The number of hydrogen-bond donors (Lipinski definition) is 0. The van der Waals surface area contributed by atoms with Crippen molar-refractivity contribution < 1.29 is 9.18 Å². The van der Waals surface area contributed by atoms with Crippen molar-refractivity contribution in [2.45, 2.75) is 60.5 Å². The Morgan fingerprint density at radius 2 is 1.93 bits per heavy atom. The first-order valence-electron chi connectivity index (χ1n) is 10.8. The smallest absolute Gasteiger partial charge is 0.254 e. The Balaban J connectivity index is 2.00. The van der Waals surface area contributed by atoms with E-state index in [1.165, 1.54) is 12.1 Å². The second kappa shape index (κ2) is 9.41. The number of halogens is 1. The van der Waals surface area contributed by atoms with Crippen LogP contribution < -0.4 is 0 Å². The molecule has 0 N–H and O–H groups in total. The normalized spacial score (nSPS) is 11.4. The monoisotopic (exact) mass is 409 g/mol. The number of aromatic nitrogens is 2. The minimum atomic E-state index is -0.269. The van der Waals surface area contributed by atoms with E-state index in [0.717, 1.165) is 52.9 Å². The van der Waals surface area contributed by atoms with Gasteiger partial charge in [0.2, 0.25) is 0 Å². The fraction of sp³-hybridized carbons (Fsp3) is 0.440. The Kier molecular flexibility index (Phi) is 6.91. The second-order valence-corrected chi connectivity index (χ2v) is 8.54.